The topological polar surface area (TPSA) is 101 Å². The zero-order valence-corrected chi connectivity index (χ0v) is 24.4. The lowest BCUT2D eigenvalue weighted by molar-refractivity contribution is 0.0923. The number of ketones is 2. The number of allylic oxidation sites excluding steroid dienone is 2. The fourth-order valence-corrected chi connectivity index (χ4v) is 5.03. The van der Waals surface area contributed by atoms with Crippen LogP contribution in [0.1, 0.15) is 62.9 Å². The molecule has 222 valence electrons. The van der Waals surface area contributed by atoms with Crippen LogP contribution >= 0.6 is 0 Å². The van der Waals surface area contributed by atoms with E-state index in [-0.39, 0.29) is 33.9 Å². The van der Waals surface area contributed by atoms with Crippen LogP contribution in [0.25, 0.3) is 12.2 Å². The summed E-state index contributed by atoms with van der Waals surface area (Å²) in [7, 11) is 0. The van der Waals surface area contributed by atoms with Crippen molar-refractivity contribution in [3.63, 3.8) is 0 Å². The van der Waals surface area contributed by atoms with E-state index in [1.54, 1.807) is 54.6 Å². The third-order valence-electron chi connectivity index (χ3n) is 7.40. The summed E-state index contributed by atoms with van der Waals surface area (Å²) in [5, 5.41) is 2.76. The van der Waals surface area contributed by atoms with Crippen molar-refractivity contribution in [2.24, 2.45) is 0 Å². The van der Waals surface area contributed by atoms with E-state index in [2.05, 4.69) is 5.32 Å². The van der Waals surface area contributed by atoms with E-state index in [4.69, 9.17) is 0 Å². The standard InChI is InChI=1S/C39H26N2O5/c42-35(21-17-26-9-3-1-4-10-26)28-13-7-15-31(23-28)40-37(44)30-19-20-33-34(25-30)39(46)41(38(33)45)32-16-8-14-29(24-32)36(43)22-18-27-11-5-2-6-12-27/h1-25H,(H,40,44)/b21-17+,22-18+. The molecule has 0 saturated carbocycles. The number of imide groups is 1. The molecule has 0 unspecified atom stereocenters. The molecule has 1 heterocycles. The quantitative estimate of drug-likeness (QED) is 0.107. The van der Waals surface area contributed by atoms with Crippen LogP contribution in [0.3, 0.4) is 0 Å². The fraction of sp³-hybridized carbons (Fsp3) is 0. The van der Waals surface area contributed by atoms with Crippen LogP contribution < -0.4 is 10.2 Å². The first kappa shape index (κ1) is 29.6. The second kappa shape index (κ2) is 13.0. The SMILES string of the molecule is O=C(/C=C/c1ccccc1)c1cccc(NC(=O)c2ccc3c(c2)C(=O)N(c2cccc(C(=O)/C=C/c4ccccc4)c2)C3=O)c1. The average Bonchev–Trinajstić information content (AvgIpc) is 3.35. The van der Waals surface area contributed by atoms with Crippen molar-refractivity contribution in [1.82, 2.24) is 0 Å². The second-order valence-corrected chi connectivity index (χ2v) is 10.5. The maximum atomic E-state index is 13.4. The molecule has 1 aliphatic heterocycles. The van der Waals surface area contributed by atoms with E-state index in [9.17, 15) is 24.0 Å². The first-order chi connectivity index (χ1) is 22.4. The number of hydrogen-bond acceptors (Lipinski definition) is 5. The third kappa shape index (κ3) is 6.39. The molecule has 7 heteroatoms. The zero-order valence-electron chi connectivity index (χ0n) is 24.4. The van der Waals surface area contributed by atoms with E-state index in [0.717, 1.165) is 16.0 Å². The highest BCUT2D eigenvalue weighted by Gasteiger charge is 2.37. The normalized spacial score (nSPS) is 12.5. The summed E-state index contributed by atoms with van der Waals surface area (Å²) in [6.07, 6.45) is 6.32. The summed E-state index contributed by atoms with van der Waals surface area (Å²) in [5.74, 6) is -2.16. The van der Waals surface area contributed by atoms with E-state index in [1.807, 2.05) is 60.7 Å². The minimum absolute atomic E-state index is 0.0772. The third-order valence-corrected chi connectivity index (χ3v) is 7.40. The molecule has 0 aliphatic carbocycles. The number of nitrogens with zero attached hydrogens (tertiary/aromatic N) is 1. The first-order valence-corrected chi connectivity index (χ1v) is 14.5. The van der Waals surface area contributed by atoms with Gasteiger partial charge in [0.1, 0.15) is 0 Å². The number of fused-ring (bicyclic) bond motifs is 1. The van der Waals surface area contributed by atoms with Crippen LogP contribution in [-0.4, -0.2) is 29.3 Å². The van der Waals surface area contributed by atoms with Gasteiger partial charge in [0.25, 0.3) is 17.7 Å². The Morgan fingerprint density at radius 3 is 1.72 bits per heavy atom. The van der Waals surface area contributed by atoms with Crippen molar-refractivity contribution < 1.29 is 24.0 Å². The largest absolute Gasteiger partial charge is 0.322 e. The number of hydrogen-bond donors (Lipinski definition) is 1. The Balaban J connectivity index is 1.16. The van der Waals surface area contributed by atoms with E-state index in [0.29, 0.717) is 16.8 Å². The van der Waals surface area contributed by atoms with Gasteiger partial charge in [0, 0.05) is 22.4 Å². The van der Waals surface area contributed by atoms with Gasteiger partial charge in [-0.15, -0.1) is 0 Å². The van der Waals surface area contributed by atoms with Gasteiger partial charge in [-0.1, -0.05) is 97.1 Å². The molecule has 6 rings (SSSR count). The predicted octanol–water partition coefficient (Wildman–Crippen LogP) is 7.53. The van der Waals surface area contributed by atoms with Crippen molar-refractivity contribution in [3.8, 4) is 0 Å². The van der Waals surface area contributed by atoms with Crippen molar-refractivity contribution in [3.05, 3.63) is 178 Å². The summed E-state index contributed by atoms with van der Waals surface area (Å²) in [4.78, 5) is 66.5. The first-order valence-electron chi connectivity index (χ1n) is 14.5. The molecule has 0 fully saturated rings. The van der Waals surface area contributed by atoms with Gasteiger partial charge in [-0.3, -0.25) is 24.0 Å². The highest BCUT2D eigenvalue weighted by Crippen LogP contribution is 2.30. The van der Waals surface area contributed by atoms with Gasteiger partial charge in [0.05, 0.1) is 16.8 Å². The van der Waals surface area contributed by atoms with E-state index >= 15 is 0 Å². The summed E-state index contributed by atoms with van der Waals surface area (Å²) in [6.45, 7) is 0. The number of anilines is 2. The highest BCUT2D eigenvalue weighted by molar-refractivity contribution is 6.35. The van der Waals surface area contributed by atoms with Crippen molar-refractivity contribution in [1.29, 1.82) is 0 Å². The second-order valence-electron chi connectivity index (χ2n) is 10.5. The molecule has 46 heavy (non-hydrogen) atoms. The smallest absolute Gasteiger partial charge is 0.266 e. The number of benzene rings is 5. The number of amides is 3. The van der Waals surface area contributed by atoms with Crippen LogP contribution in [0.2, 0.25) is 0 Å². The average molecular weight is 603 g/mol. The van der Waals surface area contributed by atoms with Gasteiger partial charge in [0.15, 0.2) is 11.6 Å². The van der Waals surface area contributed by atoms with Gasteiger partial charge in [0.2, 0.25) is 0 Å². The number of rotatable bonds is 9. The fourth-order valence-electron chi connectivity index (χ4n) is 5.03. The summed E-state index contributed by atoms with van der Waals surface area (Å²) >= 11 is 0. The molecular weight excluding hydrogens is 576 g/mol. The maximum absolute atomic E-state index is 13.4. The lowest BCUT2D eigenvalue weighted by Gasteiger charge is -2.14. The van der Waals surface area contributed by atoms with Crippen LogP contribution in [0.5, 0.6) is 0 Å². The summed E-state index contributed by atoms with van der Waals surface area (Å²) < 4.78 is 0. The molecule has 0 aromatic heterocycles. The molecule has 0 saturated heterocycles. The number of carbonyl (C=O) groups excluding carboxylic acids is 5. The predicted molar refractivity (Wildman–Crippen MR) is 178 cm³/mol. The molecule has 0 bridgehead atoms. The molecule has 1 N–H and O–H groups in total. The zero-order chi connectivity index (χ0) is 32.0. The van der Waals surface area contributed by atoms with Crippen LogP contribution in [0, 0.1) is 0 Å². The van der Waals surface area contributed by atoms with E-state index < -0.39 is 17.7 Å². The molecule has 5 aromatic carbocycles. The Labute approximate surface area is 265 Å². The molecular formula is C39H26N2O5. The highest BCUT2D eigenvalue weighted by atomic mass is 16.2. The van der Waals surface area contributed by atoms with Gasteiger partial charge >= 0.3 is 0 Å². The number of nitrogens with one attached hydrogen (secondary N) is 1. The monoisotopic (exact) mass is 602 g/mol. The van der Waals surface area contributed by atoms with Crippen molar-refractivity contribution in [2.45, 2.75) is 0 Å². The Hall–Kier alpha value is -6.47. The van der Waals surface area contributed by atoms with Gasteiger partial charge < -0.3 is 5.32 Å². The van der Waals surface area contributed by atoms with Gasteiger partial charge in [-0.2, -0.15) is 0 Å². The molecule has 0 atom stereocenters. The maximum Gasteiger partial charge on any atom is 0.266 e. The summed E-state index contributed by atoms with van der Waals surface area (Å²) in [5.41, 5.74) is 3.51. The molecule has 0 radical (unpaired) electrons. The number of carbonyl (C=O) groups is 5. The Bertz CT molecular complexity index is 2060. The Morgan fingerprint density at radius 1 is 0.522 bits per heavy atom. The molecule has 0 spiro atoms. The molecule has 7 nitrogen and oxygen atoms in total. The summed E-state index contributed by atoms with van der Waals surface area (Å²) in [6, 6.07) is 35.9. The van der Waals surface area contributed by atoms with Crippen LogP contribution in [0.4, 0.5) is 11.4 Å². The van der Waals surface area contributed by atoms with Crippen molar-refractivity contribution >= 4 is 52.8 Å². The van der Waals surface area contributed by atoms with Crippen LogP contribution in [-0.2, 0) is 0 Å². The van der Waals surface area contributed by atoms with E-state index in [1.165, 1.54) is 36.4 Å². The van der Waals surface area contributed by atoms with Crippen LogP contribution in [0.15, 0.2) is 140 Å². The van der Waals surface area contributed by atoms with Gasteiger partial charge in [-0.25, -0.2) is 4.90 Å². The Morgan fingerprint density at radius 2 is 1.09 bits per heavy atom. The Kier molecular flexibility index (Phi) is 8.38. The molecule has 5 aromatic rings. The van der Waals surface area contributed by atoms with Crippen molar-refractivity contribution in [2.75, 3.05) is 10.2 Å². The lowest BCUT2D eigenvalue weighted by Crippen LogP contribution is -2.29. The minimum Gasteiger partial charge on any atom is -0.322 e. The lowest BCUT2D eigenvalue weighted by atomic mass is 10.0. The molecule has 1 aliphatic rings. The minimum atomic E-state index is -0.600. The molecule has 3 amide bonds. The van der Waals surface area contributed by atoms with Gasteiger partial charge in [-0.05, 0) is 65.7 Å².